The summed E-state index contributed by atoms with van der Waals surface area (Å²) in [5.74, 6) is 0.266. The largest absolute Gasteiger partial charge is 0.360 e. The number of anilines is 1. The summed E-state index contributed by atoms with van der Waals surface area (Å²) in [5, 5.41) is 28.7. The van der Waals surface area contributed by atoms with E-state index in [2.05, 4.69) is 45.1 Å². The molecule has 7 nitrogen and oxygen atoms in total. The number of H-pyrrole nitrogens is 1. The Kier molecular flexibility index (Phi) is 5.01. The summed E-state index contributed by atoms with van der Waals surface area (Å²) < 4.78 is 0. The van der Waals surface area contributed by atoms with Gasteiger partial charge in [0.1, 0.15) is 11.6 Å². The SMILES string of the molecule is CC(C)NCc1ccc(NC=C(C#N)c2nn[nH]n2)cc1. The second-order valence-electron chi connectivity index (χ2n) is 4.78. The van der Waals surface area contributed by atoms with Crippen LogP contribution < -0.4 is 10.6 Å². The van der Waals surface area contributed by atoms with E-state index < -0.39 is 0 Å². The quantitative estimate of drug-likeness (QED) is 0.697. The summed E-state index contributed by atoms with van der Waals surface area (Å²) in [7, 11) is 0. The van der Waals surface area contributed by atoms with E-state index in [9.17, 15) is 0 Å². The highest BCUT2D eigenvalue weighted by Gasteiger charge is 2.05. The lowest BCUT2D eigenvalue weighted by atomic mass is 10.2. The fraction of sp³-hybridized carbons (Fsp3) is 0.286. The van der Waals surface area contributed by atoms with Crippen molar-refractivity contribution in [2.75, 3.05) is 5.32 Å². The van der Waals surface area contributed by atoms with Gasteiger partial charge in [0.15, 0.2) is 0 Å². The number of allylic oxidation sites excluding steroid dienone is 1. The molecule has 0 saturated carbocycles. The van der Waals surface area contributed by atoms with E-state index in [1.807, 2.05) is 30.3 Å². The average molecular weight is 283 g/mol. The van der Waals surface area contributed by atoms with Gasteiger partial charge in [0.2, 0.25) is 5.82 Å². The van der Waals surface area contributed by atoms with Crippen molar-refractivity contribution in [1.29, 1.82) is 5.26 Å². The maximum absolute atomic E-state index is 9.05. The van der Waals surface area contributed by atoms with Crippen molar-refractivity contribution in [3.05, 3.63) is 41.9 Å². The summed E-state index contributed by atoms with van der Waals surface area (Å²) in [5.41, 5.74) is 2.41. The summed E-state index contributed by atoms with van der Waals surface area (Å²) in [6, 6.07) is 10.5. The zero-order chi connectivity index (χ0) is 15.1. The number of hydrogen-bond acceptors (Lipinski definition) is 6. The van der Waals surface area contributed by atoms with Gasteiger partial charge in [0.25, 0.3) is 0 Å². The number of benzene rings is 1. The Balaban J connectivity index is 1.99. The van der Waals surface area contributed by atoms with Crippen LogP contribution in [0.4, 0.5) is 5.69 Å². The number of nitriles is 1. The Morgan fingerprint density at radius 2 is 2.14 bits per heavy atom. The fourth-order valence-electron chi connectivity index (χ4n) is 1.62. The molecule has 0 bridgehead atoms. The maximum atomic E-state index is 9.05. The molecule has 1 aromatic heterocycles. The van der Waals surface area contributed by atoms with Crippen LogP contribution in [0.1, 0.15) is 25.2 Å². The van der Waals surface area contributed by atoms with Crippen molar-refractivity contribution in [3.63, 3.8) is 0 Å². The predicted molar refractivity (Wildman–Crippen MR) is 79.8 cm³/mol. The Labute approximate surface area is 123 Å². The van der Waals surface area contributed by atoms with E-state index in [0.29, 0.717) is 11.6 Å². The first kappa shape index (κ1) is 14.7. The van der Waals surface area contributed by atoms with E-state index in [4.69, 9.17) is 5.26 Å². The number of nitrogens with one attached hydrogen (secondary N) is 3. The molecule has 1 heterocycles. The average Bonchev–Trinajstić information content (AvgIpc) is 3.01. The zero-order valence-electron chi connectivity index (χ0n) is 12.0. The normalized spacial score (nSPS) is 11.4. The van der Waals surface area contributed by atoms with Gasteiger partial charge in [-0.3, -0.25) is 0 Å². The number of aromatic nitrogens is 4. The lowest BCUT2D eigenvalue weighted by Gasteiger charge is -2.08. The van der Waals surface area contributed by atoms with Gasteiger partial charge >= 0.3 is 0 Å². The van der Waals surface area contributed by atoms with Gasteiger partial charge in [-0.15, -0.1) is 10.2 Å². The van der Waals surface area contributed by atoms with Gasteiger partial charge in [-0.1, -0.05) is 26.0 Å². The second-order valence-corrected chi connectivity index (χ2v) is 4.78. The van der Waals surface area contributed by atoms with Gasteiger partial charge in [0, 0.05) is 24.5 Å². The summed E-state index contributed by atoms with van der Waals surface area (Å²) in [6.45, 7) is 5.06. The van der Waals surface area contributed by atoms with Crippen LogP contribution in [-0.4, -0.2) is 26.7 Å². The van der Waals surface area contributed by atoms with E-state index in [1.165, 1.54) is 5.56 Å². The van der Waals surface area contributed by atoms with Gasteiger partial charge in [-0.2, -0.15) is 10.5 Å². The molecule has 0 radical (unpaired) electrons. The Bertz CT molecular complexity index is 620. The minimum absolute atomic E-state index is 0.266. The maximum Gasteiger partial charge on any atom is 0.216 e. The summed E-state index contributed by atoms with van der Waals surface area (Å²) in [4.78, 5) is 0. The van der Waals surface area contributed by atoms with Crippen LogP contribution in [0, 0.1) is 11.3 Å². The first-order valence-corrected chi connectivity index (χ1v) is 6.62. The lowest BCUT2D eigenvalue weighted by molar-refractivity contribution is 0.589. The Morgan fingerprint density at radius 1 is 1.38 bits per heavy atom. The van der Waals surface area contributed by atoms with Crippen molar-refractivity contribution in [2.24, 2.45) is 0 Å². The summed E-state index contributed by atoms with van der Waals surface area (Å²) >= 11 is 0. The highest BCUT2D eigenvalue weighted by Crippen LogP contribution is 2.12. The molecule has 0 atom stereocenters. The molecule has 2 rings (SSSR count). The molecule has 108 valence electrons. The van der Waals surface area contributed by atoms with Gasteiger partial charge in [0.05, 0.1) is 0 Å². The van der Waals surface area contributed by atoms with E-state index in [1.54, 1.807) is 6.20 Å². The van der Waals surface area contributed by atoms with Gasteiger partial charge < -0.3 is 10.6 Å². The molecule has 0 aliphatic heterocycles. The molecule has 3 N–H and O–H groups in total. The third-order valence-electron chi connectivity index (χ3n) is 2.76. The highest BCUT2D eigenvalue weighted by molar-refractivity contribution is 5.73. The van der Waals surface area contributed by atoms with Crippen molar-refractivity contribution in [1.82, 2.24) is 25.9 Å². The van der Waals surface area contributed by atoms with E-state index in [-0.39, 0.29) is 5.82 Å². The van der Waals surface area contributed by atoms with E-state index >= 15 is 0 Å². The first-order chi connectivity index (χ1) is 10.2. The van der Waals surface area contributed by atoms with Crippen LogP contribution in [0.15, 0.2) is 30.5 Å². The minimum Gasteiger partial charge on any atom is -0.360 e. The molecule has 0 aliphatic carbocycles. The molecule has 7 heteroatoms. The van der Waals surface area contributed by atoms with Crippen molar-refractivity contribution in [3.8, 4) is 6.07 Å². The van der Waals surface area contributed by atoms with Crippen LogP contribution in [0.25, 0.3) is 5.57 Å². The molecule has 0 fully saturated rings. The van der Waals surface area contributed by atoms with Gasteiger partial charge in [-0.05, 0) is 22.9 Å². The molecule has 1 aromatic carbocycles. The number of tetrazole rings is 1. The van der Waals surface area contributed by atoms with Crippen LogP contribution in [0.2, 0.25) is 0 Å². The van der Waals surface area contributed by atoms with E-state index in [0.717, 1.165) is 12.2 Å². The molecule has 0 aliphatic rings. The lowest BCUT2D eigenvalue weighted by Crippen LogP contribution is -2.21. The molecule has 0 saturated heterocycles. The number of hydrogen-bond donors (Lipinski definition) is 3. The smallest absolute Gasteiger partial charge is 0.216 e. The predicted octanol–water partition coefficient (Wildman–Crippen LogP) is 1.67. The Morgan fingerprint density at radius 3 is 2.71 bits per heavy atom. The second kappa shape index (κ2) is 7.17. The first-order valence-electron chi connectivity index (χ1n) is 6.62. The molecule has 21 heavy (non-hydrogen) atoms. The van der Waals surface area contributed by atoms with Crippen LogP contribution in [-0.2, 0) is 6.54 Å². The topological polar surface area (TPSA) is 102 Å². The molecular weight excluding hydrogens is 266 g/mol. The number of aromatic amines is 1. The summed E-state index contributed by atoms with van der Waals surface area (Å²) in [6.07, 6.45) is 1.56. The molecule has 2 aromatic rings. The van der Waals surface area contributed by atoms with Crippen LogP contribution in [0.3, 0.4) is 0 Å². The zero-order valence-corrected chi connectivity index (χ0v) is 12.0. The third-order valence-corrected chi connectivity index (χ3v) is 2.76. The Hall–Kier alpha value is -2.72. The molecule has 0 amide bonds. The fourth-order valence-corrected chi connectivity index (χ4v) is 1.62. The van der Waals surface area contributed by atoms with Crippen LogP contribution in [0.5, 0.6) is 0 Å². The number of nitrogens with zero attached hydrogens (tertiary/aromatic N) is 4. The monoisotopic (exact) mass is 283 g/mol. The molecular formula is C14H17N7. The molecule has 0 spiro atoms. The highest BCUT2D eigenvalue weighted by atomic mass is 15.5. The third kappa shape index (κ3) is 4.40. The molecule has 0 unspecified atom stereocenters. The minimum atomic E-state index is 0.266. The van der Waals surface area contributed by atoms with Crippen molar-refractivity contribution in [2.45, 2.75) is 26.4 Å². The standard InChI is InChI=1S/C14H17N7/c1-10(2)16-8-11-3-5-13(6-4-11)17-9-12(7-15)14-18-20-21-19-14/h3-6,9-10,16-17H,8H2,1-2H3,(H,18,19,20,21). The van der Waals surface area contributed by atoms with Crippen molar-refractivity contribution >= 4 is 11.3 Å². The van der Waals surface area contributed by atoms with Gasteiger partial charge in [-0.25, -0.2) is 0 Å². The van der Waals surface area contributed by atoms with Crippen LogP contribution >= 0.6 is 0 Å². The number of rotatable bonds is 6. The van der Waals surface area contributed by atoms with Crippen molar-refractivity contribution < 1.29 is 0 Å².